The maximum Gasteiger partial charge on any atom is 3.00 e. The minimum Gasteiger partial charge on any atom is -0.652 e. The molecule has 0 aromatic heterocycles. The van der Waals surface area contributed by atoms with Crippen molar-refractivity contribution in [3.05, 3.63) is 0 Å². The number of carboxylic acid groups (broad SMARTS) is 6. The molecule has 14 heavy (non-hydrogen) atoms. The van der Waals surface area contributed by atoms with Crippen LogP contribution in [0.1, 0.15) is 0 Å². The Bertz CT molecular complexity index is 116. The molecular weight excluding hydrogens is 386 g/mol. The second-order valence-electron chi connectivity index (χ2n) is 0.750. The van der Waals surface area contributed by atoms with Gasteiger partial charge in [0.1, 0.15) is 0 Å². The van der Waals surface area contributed by atoms with E-state index in [4.69, 9.17) is 45.0 Å². The van der Waals surface area contributed by atoms with Crippen LogP contribution in [0.3, 0.4) is 0 Å². The Hall–Kier alpha value is -0.943. The van der Waals surface area contributed by atoms with E-state index in [1.54, 1.807) is 0 Å². The van der Waals surface area contributed by atoms with Crippen molar-refractivity contribution in [1.29, 1.82) is 0 Å². The van der Waals surface area contributed by atoms with Gasteiger partial charge in [0.2, 0.25) is 0 Å². The molecule has 0 heterocycles. The first-order valence-corrected chi connectivity index (χ1v) is 1.84. The van der Waals surface area contributed by atoms with Crippen molar-refractivity contribution in [2.45, 2.75) is 0 Å². The smallest absolute Gasteiger partial charge is 0.652 e. The Labute approximate surface area is 102 Å². The van der Waals surface area contributed by atoms with Crippen molar-refractivity contribution in [3.63, 3.8) is 0 Å². The van der Waals surface area contributed by atoms with Crippen molar-refractivity contribution >= 4 is 18.5 Å². The summed E-state index contributed by atoms with van der Waals surface area (Å²) in [6, 6.07) is 0. The summed E-state index contributed by atoms with van der Waals surface area (Å²) in [5.74, 6) is 0. The number of carbonyl (C=O) groups is 3. The quantitative estimate of drug-likeness (QED) is 0.364. The molecule has 0 fully saturated rings. The largest absolute Gasteiger partial charge is 3.00 e. The van der Waals surface area contributed by atoms with Crippen LogP contribution in [-0.2, 0) is 39.0 Å². The molecule has 0 aromatic rings. The van der Waals surface area contributed by atoms with E-state index in [9.17, 15) is 0 Å². The maximum atomic E-state index is 8.33. The molecule has 0 aliphatic rings. The third kappa shape index (κ3) is 1260. The van der Waals surface area contributed by atoms with E-state index < -0.39 is 18.5 Å². The van der Waals surface area contributed by atoms with Crippen LogP contribution in [0.5, 0.6) is 0 Å². The average molecular weight is 386 g/mol. The fourth-order valence-corrected chi connectivity index (χ4v) is 0. The summed E-state index contributed by atoms with van der Waals surface area (Å²) < 4.78 is 0. The van der Waals surface area contributed by atoms with Gasteiger partial charge in [-0.25, -0.2) is 0 Å². The van der Waals surface area contributed by atoms with Gasteiger partial charge < -0.3 is 45.0 Å². The van der Waals surface area contributed by atoms with E-state index in [1.807, 2.05) is 0 Å². The molecule has 0 unspecified atom stereocenters. The van der Waals surface area contributed by atoms with Gasteiger partial charge in [-0.1, -0.05) is 0 Å². The van der Waals surface area contributed by atoms with Gasteiger partial charge in [-0.2, -0.15) is 0 Å². The van der Waals surface area contributed by atoms with Gasteiger partial charge >= 0.3 is 39.0 Å². The molecular formula is C3O9Rh2. The number of rotatable bonds is 0. The molecule has 0 radical (unpaired) electrons. The molecule has 0 atom stereocenters. The number of carbonyl (C=O) groups excluding carboxylic acids is 3. The molecule has 0 bridgehead atoms. The Morgan fingerprint density at radius 1 is 0.500 bits per heavy atom. The van der Waals surface area contributed by atoms with Crippen LogP contribution in [0.25, 0.3) is 0 Å². The first-order chi connectivity index (χ1) is 5.20. The SMILES string of the molecule is O=C([O-])[O-].O=C([O-])[O-].O=C([O-])[O-].[Rh+3].[Rh+3]. The second kappa shape index (κ2) is 22.7. The van der Waals surface area contributed by atoms with Crippen LogP contribution in [-0.4, -0.2) is 18.5 Å². The van der Waals surface area contributed by atoms with Crippen molar-refractivity contribution < 1.29 is 84.0 Å². The van der Waals surface area contributed by atoms with Crippen molar-refractivity contribution in [2.75, 3.05) is 0 Å². The van der Waals surface area contributed by atoms with Crippen LogP contribution in [0.15, 0.2) is 0 Å². The summed E-state index contributed by atoms with van der Waals surface area (Å²) in [4.78, 5) is 25.0. The molecule has 0 aromatic carbocycles. The summed E-state index contributed by atoms with van der Waals surface area (Å²) in [5.41, 5.74) is 0. The molecule has 0 aliphatic heterocycles. The summed E-state index contributed by atoms with van der Waals surface area (Å²) in [6.07, 6.45) is -7.00. The molecule has 9 nitrogen and oxygen atoms in total. The van der Waals surface area contributed by atoms with Gasteiger partial charge in [-0.15, -0.1) is 0 Å². The summed E-state index contributed by atoms with van der Waals surface area (Å²) in [7, 11) is 0. The summed E-state index contributed by atoms with van der Waals surface area (Å²) in [5, 5.41) is 50.0. The second-order valence-corrected chi connectivity index (χ2v) is 0.750. The summed E-state index contributed by atoms with van der Waals surface area (Å²) >= 11 is 0. The fourth-order valence-electron chi connectivity index (χ4n) is 0. The van der Waals surface area contributed by atoms with Crippen LogP contribution in [0.2, 0.25) is 0 Å². The predicted octanol–water partition coefficient (Wildman–Crippen LogP) is -7.35. The van der Waals surface area contributed by atoms with E-state index in [1.165, 1.54) is 0 Å². The predicted molar refractivity (Wildman–Crippen MR) is 16.2 cm³/mol. The topological polar surface area (TPSA) is 190 Å². The third-order valence-corrected chi connectivity index (χ3v) is 0. The number of hydrogen-bond donors (Lipinski definition) is 0. The molecule has 0 N–H and O–H groups in total. The Balaban J connectivity index is -0.0000000270. The molecule has 0 saturated carbocycles. The van der Waals surface area contributed by atoms with Gasteiger partial charge in [-0.3, -0.25) is 0 Å². The normalized spacial score (nSPS) is 5.14. The Morgan fingerprint density at radius 2 is 0.500 bits per heavy atom. The monoisotopic (exact) mass is 386 g/mol. The van der Waals surface area contributed by atoms with Gasteiger partial charge in [0.05, 0.1) is 0 Å². The molecule has 0 amide bonds. The van der Waals surface area contributed by atoms with Crippen molar-refractivity contribution in [3.8, 4) is 0 Å². The van der Waals surface area contributed by atoms with Crippen LogP contribution in [0, 0.1) is 0 Å². The molecule has 0 aliphatic carbocycles. The average Bonchev–Trinajstić information content (AvgIpc) is 1.54. The first kappa shape index (κ1) is 29.2. The zero-order valence-electron chi connectivity index (χ0n) is 5.84. The van der Waals surface area contributed by atoms with Crippen molar-refractivity contribution in [2.24, 2.45) is 0 Å². The zero-order chi connectivity index (χ0) is 10.7. The van der Waals surface area contributed by atoms with E-state index in [0.717, 1.165) is 0 Å². The molecule has 0 rings (SSSR count). The van der Waals surface area contributed by atoms with Crippen LogP contribution < -0.4 is 30.6 Å². The standard InChI is InChI=1S/3CH2O3.2Rh/c3*2-1(3)4;;/h3*(H2,2,3,4);;/q;;;2*+3/p-6. The van der Waals surface area contributed by atoms with E-state index in [2.05, 4.69) is 0 Å². The molecule has 0 saturated heterocycles. The molecule has 84 valence electrons. The summed E-state index contributed by atoms with van der Waals surface area (Å²) in [6.45, 7) is 0. The van der Waals surface area contributed by atoms with Gasteiger partial charge in [-0.05, 0) is 18.5 Å². The molecule has 0 spiro atoms. The van der Waals surface area contributed by atoms with E-state index in [-0.39, 0.29) is 39.0 Å². The number of hydrogen-bond acceptors (Lipinski definition) is 9. The fraction of sp³-hybridized carbons (Fsp3) is 0. The van der Waals surface area contributed by atoms with Crippen molar-refractivity contribution in [1.82, 2.24) is 0 Å². The molecule has 11 heteroatoms. The van der Waals surface area contributed by atoms with E-state index in [0.29, 0.717) is 0 Å². The third-order valence-electron chi connectivity index (χ3n) is 0. The van der Waals surface area contributed by atoms with Gasteiger partial charge in [0.25, 0.3) is 0 Å². The minimum absolute atomic E-state index is 0. The van der Waals surface area contributed by atoms with Crippen LogP contribution in [0.4, 0.5) is 14.4 Å². The van der Waals surface area contributed by atoms with Gasteiger partial charge in [0.15, 0.2) is 0 Å². The maximum absolute atomic E-state index is 8.33. The van der Waals surface area contributed by atoms with E-state index >= 15 is 0 Å². The zero-order valence-corrected chi connectivity index (χ0v) is 9.12. The Kier molecular flexibility index (Phi) is 47.4. The van der Waals surface area contributed by atoms with Gasteiger partial charge in [0, 0.05) is 0 Å². The Morgan fingerprint density at radius 3 is 0.500 bits per heavy atom. The minimum atomic E-state index is -2.33. The van der Waals surface area contributed by atoms with Crippen LogP contribution >= 0.6 is 0 Å². The first-order valence-electron chi connectivity index (χ1n) is 1.84.